The Morgan fingerprint density at radius 2 is 1.96 bits per heavy atom. The predicted octanol–water partition coefficient (Wildman–Crippen LogP) is 4.88. The number of hydrogen-bond acceptors (Lipinski definition) is 5. The lowest BCUT2D eigenvalue weighted by Gasteiger charge is -2.13. The van der Waals surface area contributed by atoms with Gasteiger partial charge in [0.1, 0.15) is 4.32 Å². The third-order valence-corrected chi connectivity index (χ3v) is 5.01. The fraction of sp³-hybridized carbons (Fsp3) is 0.474. The number of thiocarbonyl (C=S) groups is 1. The van der Waals surface area contributed by atoms with Gasteiger partial charge in [-0.1, -0.05) is 50.3 Å². The maximum absolute atomic E-state index is 12.5. The van der Waals surface area contributed by atoms with Crippen molar-refractivity contribution in [3.8, 4) is 11.5 Å². The summed E-state index contributed by atoms with van der Waals surface area (Å²) in [6.45, 7) is 8.00. The molecule has 136 valence electrons. The van der Waals surface area contributed by atoms with Crippen LogP contribution in [0.5, 0.6) is 11.5 Å². The van der Waals surface area contributed by atoms with Crippen LogP contribution in [0.3, 0.4) is 0 Å². The van der Waals surface area contributed by atoms with Crippen LogP contribution in [0.1, 0.15) is 45.6 Å². The Balaban J connectivity index is 2.21. The van der Waals surface area contributed by atoms with Gasteiger partial charge >= 0.3 is 0 Å². The first-order valence-corrected chi connectivity index (χ1v) is 9.98. The highest BCUT2D eigenvalue weighted by Gasteiger charge is 2.31. The second-order valence-electron chi connectivity index (χ2n) is 5.67. The van der Waals surface area contributed by atoms with Gasteiger partial charge in [-0.05, 0) is 43.5 Å². The van der Waals surface area contributed by atoms with Crippen LogP contribution < -0.4 is 9.47 Å². The van der Waals surface area contributed by atoms with Crippen LogP contribution in [0, 0.1) is 0 Å². The first kappa shape index (κ1) is 19.8. The van der Waals surface area contributed by atoms with Crippen LogP contribution in [0.4, 0.5) is 0 Å². The minimum Gasteiger partial charge on any atom is -0.490 e. The van der Waals surface area contributed by atoms with Crippen molar-refractivity contribution in [1.82, 2.24) is 4.90 Å². The predicted molar refractivity (Wildman–Crippen MR) is 108 cm³/mol. The van der Waals surface area contributed by atoms with Crippen LogP contribution in [-0.2, 0) is 4.79 Å². The molecule has 1 aromatic carbocycles. The standard InChI is InChI=1S/C19H25NO3S2/c1-4-7-10-20-18(21)17(25-19(20)24)13-14-8-9-15(23-11-5-2)16(12-14)22-6-3/h8-9,12-13H,4-7,10-11H2,1-3H3/b17-13+. The molecule has 0 atom stereocenters. The molecule has 1 saturated heterocycles. The van der Waals surface area contributed by atoms with Gasteiger partial charge in [-0.25, -0.2) is 0 Å². The van der Waals surface area contributed by atoms with E-state index in [4.69, 9.17) is 21.7 Å². The van der Waals surface area contributed by atoms with Gasteiger partial charge in [0.2, 0.25) is 0 Å². The zero-order valence-electron chi connectivity index (χ0n) is 15.0. The van der Waals surface area contributed by atoms with E-state index in [1.165, 1.54) is 11.8 Å². The summed E-state index contributed by atoms with van der Waals surface area (Å²) in [5.41, 5.74) is 0.906. The molecule has 0 aromatic heterocycles. The molecule has 4 nitrogen and oxygen atoms in total. The number of nitrogens with zero attached hydrogens (tertiary/aromatic N) is 1. The Bertz CT molecular complexity index is 658. The van der Waals surface area contributed by atoms with Gasteiger partial charge in [0.25, 0.3) is 5.91 Å². The lowest BCUT2D eigenvalue weighted by Crippen LogP contribution is -2.28. The molecule has 1 aliphatic heterocycles. The smallest absolute Gasteiger partial charge is 0.266 e. The van der Waals surface area contributed by atoms with Crippen molar-refractivity contribution in [1.29, 1.82) is 0 Å². The number of benzene rings is 1. The Kier molecular flexibility index (Phi) is 7.78. The van der Waals surface area contributed by atoms with E-state index in [-0.39, 0.29) is 5.91 Å². The highest BCUT2D eigenvalue weighted by Crippen LogP contribution is 2.35. The highest BCUT2D eigenvalue weighted by atomic mass is 32.2. The molecular weight excluding hydrogens is 354 g/mol. The topological polar surface area (TPSA) is 38.8 Å². The molecule has 0 unspecified atom stereocenters. The zero-order chi connectivity index (χ0) is 18.2. The molecule has 0 radical (unpaired) electrons. The maximum atomic E-state index is 12.5. The number of thioether (sulfide) groups is 1. The first-order chi connectivity index (χ1) is 12.1. The number of ether oxygens (including phenoxy) is 2. The van der Waals surface area contributed by atoms with E-state index in [1.54, 1.807) is 4.90 Å². The van der Waals surface area contributed by atoms with Crippen LogP contribution >= 0.6 is 24.0 Å². The molecule has 1 fully saturated rings. The Morgan fingerprint density at radius 3 is 2.64 bits per heavy atom. The Morgan fingerprint density at radius 1 is 1.16 bits per heavy atom. The molecule has 0 N–H and O–H groups in total. The monoisotopic (exact) mass is 379 g/mol. The second-order valence-corrected chi connectivity index (χ2v) is 7.35. The fourth-order valence-electron chi connectivity index (χ4n) is 2.37. The number of unbranched alkanes of at least 4 members (excludes halogenated alkanes) is 1. The van der Waals surface area contributed by atoms with Crippen molar-refractivity contribution in [3.63, 3.8) is 0 Å². The largest absolute Gasteiger partial charge is 0.490 e. The maximum Gasteiger partial charge on any atom is 0.266 e. The van der Waals surface area contributed by atoms with Crippen LogP contribution in [0.25, 0.3) is 6.08 Å². The quantitative estimate of drug-likeness (QED) is 0.452. The molecule has 1 aromatic rings. The van der Waals surface area contributed by atoms with Crippen molar-refractivity contribution < 1.29 is 14.3 Å². The van der Waals surface area contributed by atoms with Gasteiger partial charge in [0.05, 0.1) is 18.1 Å². The average Bonchev–Trinajstić information content (AvgIpc) is 2.86. The van der Waals surface area contributed by atoms with Crippen LogP contribution in [0.2, 0.25) is 0 Å². The lowest BCUT2D eigenvalue weighted by molar-refractivity contribution is -0.122. The van der Waals surface area contributed by atoms with Gasteiger partial charge < -0.3 is 9.47 Å². The van der Waals surface area contributed by atoms with E-state index in [0.717, 1.165) is 30.6 Å². The SMILES string of the molecule is CCCCN1C(=O)/C(=C\c2ccc(OCCC)c(OCC)c2)SC1=S. The molecule has 1 amide bonds. The van der Waals surface area contributed by atoms with Crippen molar-refractivity contribution in [2.24, 2.45) is 0 Å². The van der Waals surface area contributed by atoms with Crippen LogP contribution in [0.15, 0.2) is 23.1 Å². The Hall–Kier alpha value is -1.53. The average molecular weight is 380 g/mol. The number of rotatable bonds is 9. The molecule has 1 aliphatic rings. The van der Waals surface area contributed by atoms with Crippen molar-refractivity contribution in [2.45, 2.75) is 40.0 Å². The number of carbonyl (C=O) groups is 1. The summed E-state index contributed by atoms with van der Waals surface area (Å²) < 4.78 is 12.0. The Labute approximate surface area is 159 Å². The molecular formula is C19H25NO3S2. The fourth-order valence-corrected chi connectivity index (χ4v) is 3.68. The molecule has 0 saturated carbocycles. The minimum atomic E-state index is -0.00674. The third kappa shape index (κ3) is 5.22. The van der Waals surface area contributed by atoms with E-state index in [1.807, 2.05) is 31.2 Å². The highest BCUT2D eigenvalue weighted by molar-refractivity contribution is 8.26. The van der Waals surface area contributed by atoms with Gasteiger partial charge in [0.15, 0.2) is 11.5 Å². The van der Waals surface area contributed by atoms with E-state index in [2.05, 4.69) is 13.8 Å². The van der Waals surface area contributed by atoms with Gasteiger partial charge in [0, 0.05) is 6.54 Å². The summed E-state index contributed by atoms with van der Waals surface area (Å²) in [4.78, 5) is 14.9. The van der Waals surface area contributed by atoms with Crippen molar-refractivity contribution in [3.05, 3.63) is 28.7 Å². The van der Waals surface area contributed by atoms with Gasteiger partial charge in [-0.15, -0.1) is 0 Å². The summed E-state index contributed by atoms with van der Waals surface area (Å²) in [7, 11) is 0. The molecule has 0 bridgehead atoms. The molecule has 2 rings (SSSR count). The number of hydrogen-bond donors (Lipinski definition) is 0. The summed E-state index contributed by atoms with van der Waals surface area (Å²) in [6, 6.07) is 5.74. The van der Waals surface area contributed by atoms with E-state index in [9.17, 15) is 4.79 Å². The summed E-state index contributed by atoms with van der Waals surface area (Å²) in [6.07, 6.45) is 4.80. The normalized spacial score (nSPS) is 16.0. The van der Waals surface area contributed by atoms with Gasteiger partial charge in [-0.2, -0.15) is 0 Å². The van der Waals surface area contributed by atoms with E-state index < -0.39 is 0 Å². The molecule has 6 heteroatoms. The van der Waals surface area contributed by atoms with Gasteiger partial charge in [-0.3, -0.25) is 9.69 Å². The second kappa shape index (κ2) is 9.82. The lowest BCUT2D eigenvalue weighted by atomic mass is 10.2. The summed E-state index contributed by atoms with van der Waals surface area (Å²) >= 11 is 6.70. The van der Waals surface area contributed by atoms with Crippen LogP contribution in [-0.4, -0.2) is 34.9 Å². The molecule has 1 heterocycles. The number of amides is 1. The van der Waals surface area contributed by atoms with E-state index in [0.29, 0.717) is 34.7 Å². The van der Waals surface area contributed by atoms with Crippen molar-refractivity contribution >= 4 is 40.3 Å². The van der Waals surface area contributed by atoms with E-state index >= 15 is 0 Å². The molecule has 0 aliphatic carbocycles. The molecule has 0 spiro atoms. The summed E-state index contributed by atoms with van der Waals surface area (Å²) in [5, 5.41) is 0. The zero-order valence-corrected chi connectivity index (χ0v) is 16.7. The first-order valence-electron chi connectivity index (χ1n) is 8.75. The third-order valence-electron chi connectivity index (χ3n) is 3.64. The molecule has 25 heavy (non-hydrogen) atoms. The van der Waals surface area contributed by atoms with Crippen molar-refractivity contribution in [2.75, 3.05) is 19.8 Å². The summed E-state index contributed by atoms with van der Waals surface area (Å²) in [5.74, 6) is 1.43. The number of carbonyl (C=O) groups excluding carboxylic acids is 1. The minimum absolute atomic E-state index is 0.00674.